The molecule has 5 heteroatoms. The summed E-state index contributed by atoms with van der Waals surface area (Å²) < 4.78 is 6.69. The molecule has 0 unspecified atom stereocenters. The van der Waals surface area contributed by atoms with Crippen LogP contribution in [-0.4, -0.2) is 28.9 Å². The van der Waals surface area contributed by atoms with E-state index in [1.165, 1.54) is 6.07 Å². The van der Waals surface area contributed by atoms with Crippen molar-refractivity contribution in [2.24, 2.45) is 0 Å². The number of carboxylic acid groups (broad SMARTS) is 1. The van der Waals surface area contributed by atoms with Gasteiger partial charge in [-0.2, -0.15) is 0 Å². The van der Waals surface area contributed by atoms with Gasteiger partial charge in [0.1, 0.15) is 5.69 Å². The van der Waals surface area contributed by atoms with Crippen molar-refractivity contribution in [2.75, 3.05) is 13.2 Å². The molecule has 1 aromatic heterocycles. The molecule has 0 fully saturated rings. The van der Waals surface area contributed by atoms with Crippen molar-refractivity contribution in [2.45, 2.75) is 13.5 Å². The first-order chi connectivity index (χ1) is 6.65. The smallest absolute Gasteiger partial charge is 0.352 e. The number of rotatable bonds is 5. The maximum atomic E-state index is 10.7. The van der Waals surface area contributed by atoms with Crippen molar-refractivity contribution >= 4 is 17.6 Å². The molecule has 1 rings (SSSR count). The van der Waals surface area contributed by atoms with Crippen molar-refractivity contribution in [1.29, 1.82) is 0 Å². The largest absolute Gasteiger partial charge is 0.477 e. The van der Waals surface area contributed by atoms with Crippen LogP contribution in [0.25, 0.3) is 0 Å². The number of hydrogen-bond acceptors (Lipinski definition) is 2. The molecule has 0 aromatic carbocycles. The van der Waals surface area contributed by atoms with Crippen LogP contribution < -0.4 is 0 Å². The predicted molar refractivity (Wildman–Crippen MR) is 52.9 cm³/mol. The van der Waals surface area contributed by atoms with Crippen LogP contribution >= 0.6 is 11.6 Å². The Kier molecular flexibility index (Phi) is 3.98. The number of halogens is 1. The number of ether oxygens (including phenoxy) is 1. The summed E-state index contributed by atoms with van der Waals surface area (Å²) in [5, 5.41) is 9.24. The summed E-state index contributed by atoms with van der Waals surface area (Å²) in [5.41, 5.74) is 0.190. The number of carboxylic acids is 1. The summed E-state index contributed by atoms with van der Waals surface area (Å²) in [6, 6.07) is 1.43. The van der Waals surface area contributed by atoms with E-state index in [0.717, 1.165) is 0 Å². The van der Waals surface area contributed by atoms with Crippen LogP contribution in [0.1, 0.15) is 17.4 Å². The summed E-state index contributed by atoms with van der Waals surface area (Å²) >= 11 is 5.70. The predicted octanol–water partition coefficient (Wildman–Crippen LogP) is 1.88. The molecule has 1 aromatic rings. The summed E-state index contributed by atoms with van der Waals surface area (Å²) in [5.74, 6) is -0.978. The molecule has 0 amide bonds. The number of nitrogens with zero attached hydrogens (tertiary/aromatic N) is 1. The van der Waals surface area contributed by atoms with E-state index in [2.05, 4.69) is 0 Å². The summed E-state index contributed by atoms with van der Waals surface area (Å²) in [6.07, 6.45) is 1.59. The van der Waals surface area contributed by atoms with Gasteiger partial charge in [0, 0.05) is 19.3 Å². The van der Waals surface area contributed by atoms with E-state index in [-0.39, 0.29) is 5.69 Å². The van der Waals surface area contributed by atoms with Crippen molar-refractivity contribution in [1.82, 2.24) is 4.57 Å². The Morgan fingerprint density at radius 2 is 2.43 bits per heavy atom. The van der Waals surface area contributed by atoms with E-state index in [4.69, 9.17) is 21.4 Å². The summed E-state index contributed by atoms with van der Waals surface area (Å²) in [7, 11) is 0. The van der Waals surface area contributed by atoms with Gasteiger partial charge in [-0.25, -0.2) is 4.79 Å². The standard InChI is InChI=1S/C9H12ClNO3/c1-2-14-4-3-11-6-7(10)5-8(11)9(12)13/h5-6H,2-4H2,1H3,(H,12,13). The molecule has 0 aliphatic rings. The minimum absolute atomic E-state index is 0.190. The number of carbonyl (C=O) groups is 1. The highest BCUT2D eigenvalue weighted by Gasteiger charge is 2.10. The van der Waals surface area contributed by atoms with Gasteiger partial charge in [0.15, 0.2) is 0 Å². The summed E-state index contributed by atoms with van der Waals surface area (Å²) in [4.78, 5) is 10.7. The van der Waals surface area contributed by atoms with Crippen LogP contribution in [0.15, 0.2) is 12.3 Å². The van der Waals surface area contributed by atoms with Crippen LogP contribution in [0.3, 0.4) is 0 Å². The highest BCUT2D eigenvalue weighted by atomic mass is 35.5. The average Bonchev–Trinajstić information content (AvgIpc) is 2.47. The molecule has 0 saturated carbocycles. The molecule has 0 atom stereocenters. The second-order valence-corrected chi connectivity index (χ2v) is 3.18. The van der Waals surface area contributed by atoms with Gasteiger partial charge in [-0.05, 0) is 13.0 Å². The fourth-order valence-corrected chi connectivity index (χ4v) is 1.37. The van der Waals surface area contributed by atoms with E-state index in [0.29, 0.717) is 24.8 Å². The second-order valence-electron chi connectivity index (χ2n) is 2.74. The zero-order valence-electron chi connectivity index (χ0n) is 7.86. The van der Waals surface area contributed by atoms with Crippen LogP contribution in [0.5, 0.6) is 0 Å². The van der Waals surface area contributed by atoms with E-state index < -0.39 is 5.97 Å². The zero-order valence-corrected chi connectivity index (χ0v) is 8.62. The molecule has 0 radical (unpaired) electrons. The lowest BCUT2D eigenvalue weighted by Gasteiger charge is -2.05. The van der Waals surface area contributed by atoms with Gasteiger partial charge in [0.2, 0.25) is 0 Å². The fourth-order valence-electron chi connectivity index (χ4n) is 1.15. The zero-order chi connectivity index (χ0) is 10.6. The number of hydrogen-bond donors (Lipinski definition) is 1. The van der Waals surface area contributed by atoms with Crippen LogP contribution in [0.4, 0.5) is 0 Å². The monoisotopic (exact) mass is 217 g/mol. The molecule has 0 saturated heterocycles. The first-order valence-electron chi connectivity index (χ1n) is 4.32. The lowest BCUT2D eigenvalue weighted by atomic mass is 10.4. The molecule has 4 nitrogen and oxygen atoms in total. The third-order valence-corrected chi connectivity index (χ3v) is 1.97. The van der Waals surface area contributed by atoms with Crippen molar-refractivity contribution in [3.8, 4) is 0 Å². The Morgan fingerprint density at radius 1 is 1.71 bits per heavy atom. The molecular weight excluding hydrogens is 206 g/mol. The average molecular weight is 218 g/mol. The van der Waals surface area contributed by atoms with Gasteiger partial charge >= 0.3 is 5.97 Å². The third kappa shape index (κ3) is 2.75. The Balaban J connectivity index is 2.69. The Morgan fingerprint density at radius 3 is 3.00 bits per heavy atom. The summed E-state index contributed by atoms with van der Waals surface area (Å²) in [6.45, 7) is 3.50. The third-order valence-electron chi connectivity index (χ3n) is 1.76. The molecule has 0 aliphatic carbocycles. The molecular formula is C9H12ClNO3. The van der Waals surface area contributed by atoms with Crippen LogP contribution in [0, 0.1) is 0 Å². The lowest BCUT2D eigenvalue weighted by molar-refractivity contribution is 0.0681. The molecule has 1 N–H and O–H groups in total. The lowest BCUT2D eigenvalue weighted by Crippen LogP contribution is -2.11. The van der Waals surface area contributed by atoms with Gasteiger partial charge in [0.05, 0.1) is 11.6 Å². The van der Waals surface area contributed by atoms with E-state index >= 15 is 0 Å². The second kappa shape index (κ2) is 5.02. The molecule has 1 heterocycles. The van der Waals surface area contributed by atoms with Gasteiger partial charge in [-0.3, -0.25) is 0 Å². The first kappa shape index (κ1) is 11.1. The van der Waals surface area contributed by atoms with Gasteiger partial charge in [0.25, 0.3) is 0 Å². The van der Waals surface area contributed by atoms with E-state index in [1.807, 2.05) is 6.92 Å². The fraction of sp³-hybridized carbons (Fsp3) is 0.444. The van der Waals surface area contributed by atoms with E-state index in [1.54, 1.807) is 10.8 Å². The molecule has 14 heavy (non-hydrogen) atoms. The maximum absolute atomic E-state index is 10.7. The van der Waals surface area contributed by atoms with Crippen molar-refractivity contribution < 1.29 is 14.6 Å². The van der Waals surface area contributed by atoms with Crippen molar-refractivity contribution in [3.05, 3.63) is 23.0 Å². The minimum Gasteiger partial charge on any atom is -0.477 e. The maximum Gasteiger partial charge on any atom is 0.352 e. The molecule has 78 valence electrons. The van der Waals surface area contributed by atoms with Crippen LogP contribution in [0.2, 0.25) is 5.02 Å². The Bertz CT molecular complexity index is 322. The topological polar surface area (TPSA) is 51.5 Å². The molecule has 0 bridgehead atoms. The molecule has 0 aliphatic heterocycles. The normalized spacial score (nSPS) is 10.4. The van der Waals surface area contributed by atoms with Gasteiger partial charge in [-0.1, -0.05) is 11.6 Å². The van der Waals surface area contributed by atoms with Crippen molar-refractivity contribution in [3.63, 3.8) is 0 Å². The highest BCUT2D eigenvalue weighted by molar-refractivity contribution is 6.30. The number of aromatic carboxylic acids is 1. The minimum atomic E-state index is -0.978. The quantitative estimate of drug-likeness (QED) is 0.767. The van der Waals surface area contributed by atoms with E-state index in [9.17, 15) is 4.79 Å². The van der Waals surface area contributed by atoms with Gasteiger partial charge in [-0.15, -0.1) is 0 Å². The van der Waals surface area contributed by atoms with Gasteiger partial charge < -0.3 is 14.4 Å². The Labute approximate surface area is 87.0 Å². The first-order valence-corrected chi connectivity index (χ1v) is 4.69. The highest BCUT2D eigenvalue weighted by Crippen LogP contribution is 2.13. The Hall–Kier alpha value is -1.00. The van der Waals surface area contributed by atoms with Crippen LogP contribution in [-0.2, 0) is 11.3 Å². The number of aromatic nitrogens is 1. The molecule has 0 spiro atoms. The SMILES string of the molecule is CCOCCn1cc(Cl)cc1C(=O)O.